The minimum atomic E-state index is -4.39. The molecule has 66 heavy (non-hydrogen) atoms. The smallest absolute Gasteiger partial charge is 0.462 e. The second-order valence-electron chi connectivity index (χ2n) is 18.1. The van der Waals surface area contributed by atoms with Gasteiger partial charge in [0.2, 0.25) is 0 Å². The molecule has 0 bridgehead atoms. The molecule has 0 aliphatic carbocycles. The van der Waals surface area contributed by atoms with Crippen LogP contribution in [0.5, 0.6) is 0 Å². The van der Waals surface area contributed by atoms with Crippen LogP contribution in [0.4, 0.5) is 0 Å². The minimum absolute atomic E-state index is 0.0485. The van der Waals surface area contributed by atoms with Crippen LogP contribution in [0, 0.1) is 0 Å². The first-order valence-corrected chi connectivity index (χ1v) is 28.8. The number of nitrogens with two attached hydrogens (primary N) is 1. The number of rotatable bonds is 51. The molecule has 2 atom stereocenters. The lowest BCUT2D eigenvalue weighted by molar-refractivity contribution is -0.161. The van der Waals surface area contributed by atoms with E-state index in [2.05, 4.69) is 74.6 Å². The van der Waals surface area contributed by atoms with Crippen molar-refractivity contribution in [2.24, 2.45) is 5.73 Å². The van der Waals surface area contributed by atoms with E-state index in [1.165, 1.54) is 135 Å². The Morgan fingerprint density at radius 3 is 1.24 bits per heavy atom. The standard InChI is InChI=1S/C56H102NO8P/c1-3-5-7-9-11-13-15-17-19-21-23-25-26-27-29-30-32-34-36-38-40-42-44-46-48-55(58)62-52-54(53-64-66(60,61)63-51-50-57)65-56(59)49-47-45-43-41-39-37-35-33-31-28-24-22-20-18-16-14-12-10-8-6-4-2/h6,8,12,14,18,20,24,28,33,35,54H,3-5,7,9-11,13,15-17,19,21-23,25-27,29-32,34,36-53,57H2,1-2H3,(H,60,61)/b8-6-,14-12-,20-18-,28-24-,35-33-. The van der Waals surface area contributed by atoms with Crippen molar-refractivity contribution in [1.82, 2.24) is 0 Å². The molecule has 0 saturated carbocycles. The van der Waals surface area contributed by atoms with Gasteiger partial charge >= 0.3 is 19.8 Å². The number of unbranched alkanes of at least 4 members (excludes halogenated alkanes) is 28. The summed E-state index contributed by atoms with van der Waals surface area (Å²) >= 11 is 0. The molecular weight excluding hydrogens is 846 g/mol. The summed E-state index contributed by atoms with van der Waals surface area (Å²) in [6, 6.07) is 0. The van der Waals surface area contributed by atoms with Crippen molar-refractivity contribution in [3.05, 3.63) is 60.8 Å². The van der Waals surface area contributed by atoms with Crippen molar-refractivity contribution in [3.8, 4) is 0 Å². The molecule has 0 saturated heterocycles. The summed E-state index contributed by atoms with van der Waals surface area (Å²) in [5.74, 6) is -0.843. The second kappa shape index (κ2) is 52.1. The Balaban J connectivity index is 4.02. The Bertz CT molecular complexity index is 1260. The highest BCUT2D eigenvalue weighted by Gasteiger charge is 2.26. The predicted octanol–water partition coefficient (Wildman–Crippen LogP) is 16.8. The van der Waals surface area contributed by atoms with Crippen molar-refractivity contribution < 1.29 is 37.6 Å². The zero-order valence-corrected chi connectivity index (χ0v) is 43.6. The molecular formula is C56H102NO8P. The number of hydrogen-bond acceptors (Lipinski definition) is 8. The number of allylic oxidation sites excluding steroid dienone is 10. The van der Waals surface area contributed by atoms with Gasteiger partial charge in [0.1, 0.15) is 6.61 Å². The molecule has 0 rings (SSSR count). The van der Waals surface area contributed by atoms with Crippen LogP contribution < -0.4 is 5.73 Å². The molecule has 2 unspecified atom stereocenters. The number of phosphoric ester groups is 1. The van der Waals surface area contributed by atoms with E-state index in [9.17, 15) is 19.0 Å². The lowest BCUT2D eigenvalue weighted by atomic mass is 10.0. The summed E-state index contributed by atoms with van der Waals surface area (Å²) in [5, 5.41) is 0. The lowest BCUT2D eigenvalue weighted by Crippen LogP contribution is -2.29. The van der Waals surface area contributed by atoms with Gasteiger partial charge < -0.3 is 20.1 Å². The van der Waals surface area contributed by atoms with E-state index in [0.29, 0.717) is 6.42 Å². The lowest BCUT2D eigenvalue weighted by Gasteiger charge is -2.19. The molecule has 0 fully saturated rings. The van der Waals surface area contributed by atoms with Crippen LogP contribution in [0.25, 0.3) is 0 Å². The first-order valence-electron chi connectivity index (χ1n) is 27.3. The Morgan fingerprint density at radius 2 is 0.833 bits per heavy atom. The number of carbonyl (C=O) groups excluding carboxylic acids is 2. The number of esters is 2. The molecule has 0 aromatic heterocycles. The third-order valence-electron chi connectivity index (χ3n) is 11.7. The zero-order chi connectivity index (χ0) is 48.1. The summed E-state index contributed by atoms with van der Waals surface area (Å²) in [6.07, 6.45) is 64.1. The molecule has 384 valence electrons. The summed E-state index contributed by atoms with van der Waals surface area (Å²) in [4.78, 5) is 35.1. The molecule has 0 heterocycles. The molecule has 10 heteroatoms. The van der Waals surface area contributed by atoms with E-state index >= 15 is 0 Å². The minimum Gasteiger partial charge on any atom is -0.462 e. The van der Waals surface area contributed by atoms with Gasteiger partial charge in [0.25, 0.3) is 0 Å². The van der Waals surface area contributed by atoms with Crippen LogP contribution >= 0.6 is 7.82 Å². The molecule has 3 N–H and O–H groups in total. The van der Waals surface area contributed by atoms with Crippen molar-refractivity contribution in [3.63, 3.8) is 0 Å². The van der Waals surface area contributed by atoms with Gasteiger partial charge in [-0.2, -0.15) is 0 Å². The molecule has 0 radical (unpaired) electrons. The Labute approximate surface area is 406 Å². The highest BCUT2D eigenvalue weighted by Crippen LogP contribution is 2.43. The molecule has 0 aliphatic heterocycles. The summed E-state index contributed by atoms with van der Waals surface area (Å²) in [6.45, 7) is 3.63. The first kappa shape index (κ1) is 63.7. The predicted molar refractivity (Wildman–Crippen MR) is 279 cm³/mol. The van der Waals surface area contributed by atoms with Crippen molar-refractivity contribution in [2.75, 3.05) is 26.4 Å². The second-order valence-corrected chi connectivity index (χ2v) is 19.5. The number of carbonyl (C=O) groups is 2. The van der Waals surface area contributed by atoms with Crippen LogP contribution in [-0.2, 0) is 32.7 Å². The van der Waals surface area contributed by atoms with Gasteiger partial charge in [0.15, 0.2) is 6.10 Å². The summed E-state index contributed by atoms with van der Waals surface area (Å²) in [7, 11) is -4.39. The van der Waals surface area contributed by atoms with E-state index in [4.69, 9.17) is 24.3 Å². The summed E-state index contributed by atoms with van der Waals surface area (Å²) in [5.41, 5.74) is 5.37. The molecule has 0 aliphatic rings. The number of phosphoric acid groups is 1. The summed E-state index contributed by atoms with van der Waals surface area (Å²) < 4.78 is 33.0. The average molecular weight is 948 g/mol. The molecule has 9 nitrogen and oxygen atoms in total. The van der Waals surface area contributed by atoms with Gasteiger partial charge in [-0.25, -0.2) is 4.57 Å². The molecule has 0 amide bonds. The van der Waals surface area contributed by atoms with Crippen LogP contribution in [0.15, 0.2) is 60.8 Å². The van der Waals surface area contributed by atoms with Crippen LogP contribution in [-0.4, -0.2) is 49.3 Å². The third-order valence-corrected chi connectivity index (χ3v) is 12.7. The largest absolute Gasteiger partial charge is 0.472 e. The van der Waals surface area contributed by atoms with Crippen LogP contribution in [0.3, 0.4) is 0 Å². The quantitative estimate of drug-likeness (QED) is 0.0264. The highest BCUT2D eigenvalue weighted by atomic mass is 31.2. The Morgan fingerprint density at radius 1 is 0.470 bits per heavy atom. The van der Waals surface area contributed by atoms with Gasteiger partial charge in [-0.1, -0.05) is 242 Å². The maximum atomic E-state index is 12.7. The fraction of sp³-hybridized carbons (Fsp3) is 0.786. The number of ether oxygens (including phenoxy) is 2. The van der Waals surface area contributed by atoms with Gasteiger partial charge in [0.05, 0.1) is 13.2 Å². The van der Waals surface area contributed by atoms with E-state index < -0.39 is 26.5 Å². The van der Waals surface area contributed by atoms with Gasteiger partial charge in [-0.05, 0) is 57.8 Å². The van der Waals surface area contributed by atoms with Gasteiger partial charge in [-0.15, -0.1) is 0 Å². The Kier molecular flexibility index (Phi) is 50.3. The van der Waals surface area contributed by atoms with E-state index in [1.54, 1.807) is 0 Å². The third kappa shape index (κ3) is 51.1. The van der Waals surface area contributed by atoms with Crippen molar-refractivity contribution in [2.45, 2.75) is 258 Å². The van der Waals surface area contributed by atoms with E-state index in [-0.39, 0.29) is 38.6 Å². The van der Waals surface area contributed by atoms with Gasteiger partial charge in [-0.3, -0.25) is 18.6 Å². The highest BCUT2D eigenvalue weighted by molar-refractivity contribution is 7.47. The van der Waals surface area contributed by atoms with Crippen molar-refractivity contribution >= 4 is 19.8 Å². The van der Waals surface area contributed by atoms with Crippen molar-refractivity contribution in [1.29, 1.82) is 0 Å². The maximum Gasteiger partial charge on any atom is 0.472 e. The van der Waals surface area contributed by atoms with Crippen LogP contribution in [0.2, 0.25) is 0 Å². The molecule has 0 spiro atoms. The fourth-order valence-electron chi connectivity index (χ4n) is 7.66. The first-order chi connectivity index (χ1) is 32.3. The zero-order valence-electron chi connectivity index (χ0n) is 42.7. The fourth-order valence-corrected chi connectivity index (χ4v) is 8.43. The molecule has 0 aromatic rings. The number of hydrogen-bond donors (Lipinski definition) is 2. The monoisotopic (exact) mass is 948 g/mol. The van der Waals surface area contributed by atoms with Crippen LogP contribution in [0.1, 0.15) is 251 Å². The van der Waals surface area contributed by atoms with E-state index in [0.717, 1.165) is 83.5 Å². The Hall–Kier alpha value is -2.29. The average Bonchev–Trinajstić information content (AvgIpc) is 3.31. The maximum absolute atomic E-state index is 12.7. The molecule has 0 aromatic carbocycles. The SMILES string of the molecule is CC/C=C\C/C=C\C/C=C\C/C=C\C/C=C\CCCCCCCC(=O)OC(COC(=O)CCCCCCCCCCCCCCCCCCCCCCCCCC)COP(=O)(O)OCCN. The topological polar surface area (TPSA) is 134 Å². The van der Waals surface area contributed by atoms with E-state index in [1.807, 2.05) is 0 Å². The van der Waals surface area contributed by atoms with Gasteiger partial charge in [0, 0.05) is 19.4 Å². The normalized spacial score (nSPS) is 13.6.